The van der Waals surface area contributed by atoms with Crippen LogP contribution >= 0.6 is 0 Å². The summed E-state index contributed by atoms with van der Waals surface area (Å²) in [5.41, 5.74) is 0. The van der Waals surface area contributed by atoms with Gasteiger partial charge in [0.05, 0.1) is 0 Å². The normalized spacial score (nSPS) is 11.8. The number of rotatable bonds is 15. The topological polar surface area (TPSA) is 18.5 Å². The number of unbranched alkanes of at least 4 members (excludes halogenated alkanes) is 8. The molecular weight excluding hydrogens is 264 g/mol. The van der Waals surface area contributed by atoms with Gasteiger partial charge in [0.2, 0.25) is 0 Å². The van der Waals surface area contributed by atoms with E-state index in [0.717, 1.165) is 19.3 Å². The summed E-state index contributed by atoms with van der Waals surface area (Å²) in [6.07, 6.45) is 17.0. The van der Waals surface area contributed by atoms with Gasteiger partial charge in [-0.25, -0.2) is 0 Å². The highest BCUT2D eigenvalue weighted by molar-refractivity contribution is 6.45. The van der Waals surface area contributed by atoms with Crippen molar-refractivity contribution in [1.82, 2.24) is 0 Å². The zero-order valence-corrected chi connectivity index (χ0v) is 15.2. The molecule has 0 aromatic carbocycles. The second-order valence-corrected chi connectivity index (χ2v) is 7.31. The Kier molecular flexibility index (Phi) is 16.8. The van der Waals surface area contributed by atoms with Crippen molar-refractivity contribution in [2.45, 2.75) is 84.6 Å². The van der Waals surface area contributed by atoms with E-state index in [9.17, 15) is 0 Å². The Labute approximate surface area is 128 Å². The maximum Gasteiger partial charge on any atom is 0.325 e. The molecule has 0 bridgehead atoms. The molecule has 2 nitrogen and oxygen atoms in total. The van der Waals surface area contributed by atoms with Crippen LogP contribution in [0.2, 0.25) is 6.04 Å². The van der Waals surface area contributed by atoms with E-state index in [4.69, 9.17) is 8.85 Å². The van der Waals surface area contributed by atoms with E-state index in [1.807, 2.05) is 13.8 Å². The number of allylic oxidation sites excluding steroid dienone is 2. The summed E-state index contributed by atoms with van der Waals surface area (Å²) >= 11 is 0. The molecule has 0 saturated carbocycles. The van der Waals surface area contributed by atoms with Crippen molar-refractivity contribution in [1.29, 1.82) is 0 Å². The minimum absolute atomic E-state index is 0.781. The van der Waals surface area contributed by atoms with Crippen LogP contribution in [0.25, 0.3) is 0 Å². The minimum atomic E-state index is -1.40. The van der Waals surface area contributed by atoms with Crippen molar-refractivity contribution in [3.63, 3.8) is 0 Å². The van der Waals surface area contributed by atoms with Crippen molar-refractivity contribution < 1.29 is 8.85 Å². The molecule has 0 amide bonds. The first kappa shape index (κ1) is 19.9. The lowest BCUT2D eigenvalue weighted by molar-refractivity contribution is 0.216. The third-order valence-corrected chi connectivity index (χ3v) is 5.49. The standard InChI is InChI=1S/C17H36O2Si/c1-4-7-8-9-10-11-12-13-14-15-16-17-20(18-5-2)19-6-3/h15-16,20H,4-14,17H2,1-3H3. The van der Waals surface area contributed by atoms with Crippen LogP contribution < -0.4 is 0 Å². The van der Waals surface area contributed by atoms with Crippen LogP contribution in [0, 0.1) is 0 Å². The van der Waals surface area contributed by atoms with E-state index in [0.29, 0.717) is 0 Å². The van der Waals surface area contributed by atoms with Gasteiger partial charge < -0.3 is 8.85 Å². The van der Waals surface area contributed by atoms with Gasteiger partial charge in [-0.3, -0.25) is 0 Å². The molecule has 0 aliphatic rings. The summed E-state index contributed by atoms with van der Waals surface area (Å²) in [4.78, 5) is 0. The summed E-state index contributed by atoms with van der Waals surface area (Å²) in [6, 6.07) is 1.01. The Hall–Kier alpha value is -0.123. The third kappa shape index (κ3) is 14.3. The molecule has 0 N–H and O–H groups in total. The summed E-state index contributed by atoms with van der Waals surface area (Å²) in [7, 11) is -1.40. The fourth-order valence-corrected chi connectivity index (χ4v) is 3.80. The molecule has 0 spiro atoms. The Morgan fingerprint density at radius 2 is 1.25 bits per heavy atom. The second-order valence-electron chi connectivity index (χ2n) is 5.31. The first-order valence-corrected chi connectivity index (χ1v) is 10.5. The average Bonchev–Trinajstić information content (AvgIpc) is 2.45. The highest BCUT2D eigenvalue weighted by atomic mass is 28.3. The molecule has 0 atom stereocenters. The molecule has 0 radical (unpaired) electrons. The summed E-state index contributed by atoms with van der Waals surface area (Å²) in [5, 5.41) is 0. The third-order valence-electron chi connectivity index (χ3n) is 3.42. The van der Waals surface area contributed by atoms with Gasteiger partial charge >= 0.3 is 9.28 Å². The van der Waals surface area contributed by atoms with Crippen molar-refractivity contribution in [2.24, 2.45) is 0 Å². The molecule has 0 rings (SSSR count). The maximum absolute atomic E-state index is 5.64. The van der Waals surface area contributed by atoms with E-state index >= 15 is 0 Å². The van der Waals surface area contributed by atoms with Gasteiger partial charge in [0.25, 0.3) is 0 Å². The SMILES string of the molecule is CCCCCCCCCCC=CC[SiH](OCC)OCC. The van der Waals surface area contributed by atoms with Crippen molar-refractivity contribution in [3.05, 3.63) is 12.2 Å². The number of hydrogen-bond donors (Lipinski definition) is 0. The highest BCUT2D eigenvalue weighted by Gasteiger charge is 2.08. The summed E-state index contributed by atoms with van der Waals surface area (Å²) < 4.78 is 11.3. The molecule has 120 valence electrons. The smallest absolute Gasteiger partial charge is 0.325 e. The molecule has 0 fully saturated rings. The maximum atomic E-state index is 5.64. The van der Waals surface area contributed by atoms with Crippen LogP contribution in [0.15, 0.2) is 12.2 Å². The van der Waals surface area contributed by atoms with Crippen molar-refractivity contribution in [2.75, 3.05) is 13.2 Å². The lowest BCUT2D eigenvalue weighted by Gasteiger charge is -2.12. The lowest BCUT2D eigenvalue weighted by atomic mass is 10.1. The molecule has 20 heavy (non-hydrogen) atoms. The van der Waals surface area contributed by atoms with Crippen molar-refractivity contribution in [3.8, 4) is 0 Å². The van der Waals surface area contributed by atoms with Gasteiger partial charge in [0.1, 0.15) is 0 Å². The van der Waals surface area contributed by atoms with Crippen LogP contribution in [0.4, 0.5) is 0 Å². The van der Waals surface area contributed by atoms with E-state index in [2.05, 4.69) is 19.1 Å². The van der Waals surface area contributed by atoms with Crippen LogP contribution in [0.3, 0.4) is 0 Å². The predicted molar refractivity (Wildman–Crippen MR) is 91.6 cm³/mol. The molecule has 0 saturated heterocycles. The molecule has 0 aliphatic carbocycles. The van der Waals surface area contributed by atoms with Crippen LogP contribution in [-0.4, -0.2) is 22.5 Å². The molecule has 0 heterocycles. The molecule has 0 aromatic rings. The molecule has 3 heteroatoms. The number of hydrogen-bond acceptors (Lipinski definition) is 2. The Morgan fingerprint density at radius 3 is 1.80 bits per heavy atom. The average molecular weight is 301 g/mol. The molecular formula is C17H36O2Si. The monoisotopic (exact) mass is 300 g/mol. The van der Waals surface area contributed by atoms with Gasteiger partial charge in [-0.15, -0.1) is 0 Å². The molecule has 0 aromatic heterocycles. The molecule has 0 unspecified atom stereocenters. The fourth-order valence-electron chi connectivity index (χ4n) is 2.28. The Balaban J connectivity index is 3.33. The highest BCUT2D eigenvalue weighted by Crippen LogP contribution is 2.10. The van der Waals surface area contributed by atoms with Gasteiger partial charge in [-0.1, -0.05) is 64.0 Å². The van der Waals surface area contributed by atoms with E-state index in [1.165, 1.54) is 57.8 Å². The van der Waals surface area contributed by atoms with Gasteiger partial charge in [-0.2, -0.15) is 0 Å². The van der Waals surface area contributed by atoms with Crippen LogP contribution in [-0.2, 0) is 8.85 Å². The second kappa shape index (κ2) is 16.9. The molecule has 0 aliphatic heterocycles. The van der Waals surface area contributed by atoms with Crippen molar-refractivity contribution >= 4 is 9.28 Å². The fraction of sp³-hybridized carbons (Fsp3) is 0.882. The first-order chi connectivity index (χ1) is 9.85. The minimum Gasteiger partial charge on any atom is -0.397 e. The van der Waals surface area contributed by atoms with Gasteiger partial charge in [0.15, 0.2) is 0 Å². The summed E-state index contributed by atoms with van der Waals surface area (Å²) in [6.45, 7) is 7.93. The Morgan fingerprint density at radius 1 is 0.700 bits per heavy atom. The summed E-state index contributed by atoms with van der Waals surface area (Å²) in [5.74, 6) is 0. The van der Waals surface area contributed by atoms with Gasteiger partial charge in [-0.05, 0) is 26.7 Å². The zero-order valence-electron chi connectivity index (χ0n) is 14.0. The van der Waals surface area contributed by atoms with E-state index in [-0.39, 0.29) is 0 Å². The Bertz CT molecular complexity index is 201. The zero-order chi connectivity index (χ0) is 14.9. The largest absolute Gasteiger partial charge is 0.397 e. The van der Waals surface area contributed by atoms with Crippen LogP contribution in [0.1, 0.15) is 78.6 Å². The van der Waals surface area contributed by atoms with E-state index in [1.54, 1.807) is 0 Å². The lowest BCUT2D eigenvalue weighted by Crippen LogP contribution is -2.21. The first-order valence-electron chi connectivity index (χ1n) is 8.73. The quantitative estimate of drug-likeness (QED) is 0.230. The van der Waals surface area contributed by atoms with Crippen LogP contribution in [0.5, 0.6) is 0 Å². The predicted octanol–water partition coefficient (Wildman–Crippen LogP) is 5.37. The van der Waals surface area contributed by atoms with E-state index < -0.39 is 9.28 Å². The van der Waals surface area contributed by atoms with Gasteiger partial charge in [0, 0.05) is 19.3 Å².